The summed E-state index contributed by atoms with van der Waals surface area (Å²) in [5.74, 6) is 0.353. The maximum atomic E-state index is 13.1. The van der Waals surface area contributed by atoms with Crippen LogP contribution in [-0.2, 0) is 11.3 Å². The van der Waals surface area contributed by atoms with Crippen LogP contribution in [0.4, 0.5) is 4.39 Å². The van der Waals surface area contributed by atoms with Gasteiger partial charge in [0.05, 0.1) is 11.7 Å². The van der Waals surface area contributed by atoms with Crippen molar-refractivity contribution in [3.63, 3.8) is 0 Å². The second-order valence-electron chi connectivity index (χ2n) is 8.04. The number of benzene rings is 1. The average Bonchev–Trinajstić information content (AvgIpc) is 3.15. The summed E-state index contributed by atoms with van der Waals surface area (Å²) < 4.78 is 20.1. The van der Waals surface area contributed by atoms with Crippen molar-refractivity contribution in [2.24, 2.45) is 5.92 Å². The number of nitrogens with one attached hydrogen (secondary N) is 2. The van der Waals surface area contributed by atoms with Crippen LogP contribution in [0.25, 0.3) is 5.65 Å². The Morgan fingerprint density at radius 3 is 2.66 bits per heavy atom. The molecule has 2 N–H and O–H groups in total. The molecule has 3 heterocycles. The first-order valence-electron chi connectivity index (χ1n) is 10.2. The van der Waals surface area contributed by atoms with Crippen molar-refractivity contribution in [3.05, 3.63) is 69.5 Å². The maximum absolute atomic E-state index is 13.1. The molecule has 0 aliphatic carbocycles. The lowest BCUT2D eigenvalue weighted by molar-refractivity contribution is 0.0844. The van der Waals surface area contributed by atoms with Crippen LogP contribution >= 0.6 is 0 Å². The van der Waals surface area contributed by atoms with Gasteiger partial charge in [-0.05, 0) is 36.5 Å². The van der Waals surface area contributed by atoms with Crippen LogP contribution in [0.2, 0.25) is 0 Å². The van der Waals surface area contributed by atoms with Gasteiger partial charge in [-0.25, -0.2) is 13.9 Å². The molecule has 1 aliphatic heterocycles. The Balaban J connectivity index is 1.59. The number of aromatic nitrogens is 3. The summed E-state index contributed by atoms with van der Waals surface area (Å²) in [7, 11) is 0. The number of hydrogen-bond donors (Lipinski definition) is 2. The molecule has 154 valence electrons. The molecule has 1 saturated heterocycles. The van der Waals surface area contributed by atoms with Crippen molar-refractivity contribution in [1.82, 2.24) is 19.9 Å². The number of aromatic amines is 1. The van der Waals surface area contributed by atoms with Crippen molar-refractivity contribution >= 4 is 5.65 Å². The lowest BCUT2D eigenvalue weighted by Crippen LogP contribution is -2.28. The number of hydrogen-bond acceptors (Lipinski definition) is 4. The summed E-state index contributed by atoms with van der Waals surface area (Å²) in [6.45, 7) is 6.25. The molecule has 4 rings (SSSR count). The highest BCUT2D eigenvalue weighted by molar-refractivity contribution is 5.41. The monoisotopic (exact) mass is 398 g/mol. The fraction of sp³-hybridized carbons (Fsp3) is 0.455. The van der Waals surface area contributed by atoms with E-state index in [-0.39, 0.29) is 23.3 Å². The second-order valence-corrected chi connectivity index (χ2v) is 8.04. The molecule has 1 aromatic carbocycles. The highest BCUT2D eigenvalue weighted by Gasteiger charge is 2.22. The molecule has 0 spiro atoms. The number of rotatable bonds is 6. The van der Waals surface area contributed by atoms with Crippen LogP contribution in [0, 0.1) is 11.7 Å². The Kier molecular flexibility index (Phi) is 5.78. The summed E-state index contributed by atoms with van der Waals surface area (Å²) in [6, 6.07) is 9.93. The van der Waals surface area contributed by atoms with E-state index in [0.717, 1.165) is 43.0 Å². The first-order valence-corrected chi connectivity index (χ1v) is 10.2. The molecule has 1 atom stereocenters. The van der Waals surface area contributed by atoms with Crippen LogP contribution in [-0.4, -0.2) is 27.8 Å². The van der Waals surface area contributed by atoms with E-state index in [4.69, 9.17) is 9.72 Å². The quantitative estimate of drug-likeness (QED) is 0.666. The molecule has 3 aromatic rings. The van der Waals surface area contributed by atoms with E-state index >= 15 is 0 Å². The van der Waals surface area contributed by atoms with Crippen LogP contribution in [0.15, 0.2) is 41.2 Å². The number of halogens is 1. The van der Waals surface area contributed by atoms with Gasteiger partial charge in [0.25, 0.3) is 5.56 Å². The average molecular weight is 398 g/mol. The summed E-state index contributed by atoms with van der Waals surface area (Å²) in [5, 5.41) is 6.70. The van der Waals surface area contributed by atoms with Gasteiger partial charge in [0.15, 0.2) is 5.65 Å². The van der Waals surface area contributed by atoms with Gasteiger partial charge in [-0.15, -0.1) is 0 Å². The fourth-order valence-electron chi connectivity index (χ4n) is 3.92. The predicted molar refractivity (Wildman–Crippen MR) is 109 cm³/mol. The van der Waals surface area contributed by atoms with Gasteiger partial charge in [0, 0.05) is 43.5 Å². The van der Waals surface area contributed by atoms with Crippen molar-refractivity contribution in [1.29, 1.82) is 0 Å². The molecule has 2 aromatic heterocycles. The molecule has 29 heavy (non-hydrogen) atoms. The largest absolute Gasteiger partial charge is 0.381 e. The Morgan fingerprint density at radius 2 is 1.97 bits per heavy atom. The van der Waals surface area contributed by atoms with Gasteiger partial charge in [-0.1, -0.05) is 26.0 Å². The highest BCUT2D eigenvalue weighted by Crippen LogP contribution is 2.27. The molecule has 6 nitrogen and oxygen atoms in total. The molecule has 7 heteroatoms. The zero-order chi connectivity index (χ0) is 20.4. The third-order valence-corrected chi connectivity index (χ3v) is 5.58. The van der Waals surface area contributed by atoms with Gasteiger partial charge in [0.1, 0.15) is 5.82 Å². The van der Waals surface area contributed by atoms with E-state index in [9.17, 15) is 9.18 Å². The third kappa shape index (κ3) is 4.41. The molecule has 0 unspecified atom stereocenters. The smallest absolute Gasteiger partial charge is 0.272 e. The molecular formula is C22H27FN4O2. The summed E-state index contributed by atoms with van der Waals surface area (Å²) in [6.07, 6.45) is 1.89. The van der Waals surface area contributed by atoms with Crippen LogP contribution in [0.5, 0.6) is 0 Å². The summed E-state index contributed by atoms with van der Waals surface area (Å²) >= 11 is 0. The van der Waals surface area contributed by atoms with Crippen LogP contribution in [0.1, 0.15) is 55.6 Å². The minimum atomic E-state index is -0.248. The van der Waals surface area contributed by atoms with Crippen molar-refractivity contribution < 1.29 is 9.13 Å². The van der Waals surface area contributed by atoms with E-state index < -0.39 is 0 Å². The first-order chi connectivity index (χ1) is 14.0. The van der Waals surface area contributed by atoms with Gasteiger partial charge in [-0.3, -0.25) is 9.89 Å². The SMILES string of the molecule is CC(C)[C@@H](NCc1ccc(F)cc1)c1cc(=O)n2[nH]c(C3CCOCC3)cc2n1. The number of ether oxygens (including phenoxy) is 1. The van der Waals surface area contributed by atoms with Crippen molar-refractivity contribution in [2.45, 2.75) is 45.2 Å². The first kappa shape index (κ1) is 19.8. The van der Waals surface area contributed by atoms with E-state index in [1.165, 1.54) is 16.6 Å². The molecule has 0 amide bonds. The number of nitrogens with zero attached hydrogens (tertiary/aromatic N) is 2. The lowest BCUT2D eigenvalue weighted by atomic mass is 9.97. The minimum absolute atomic E-state index is 0.0841. The summed E-state index contributed by atoms with van der Waals surface area (Å²) in [4.78, 5) is 17.5. The highest BCUT2D eigenvalue weighted by atomic mass is 19.1. The molecule has 1 fully saturated rings. The topological polar surface area (TPSA) is 71.4 Å². The molecular weight excluding hydrogens is 371 g/mol. The Hall–Kier alpha value is -2.51. The van der Waals surface area contributed by atoms with E-state index in [1.807, 2.05) is 6.07 Å². The van der Waals surface area contributed by atoms with E-state index in [1.54, 1.807) is 18.2 Å². The predicted octanol–water partition coefficient (Wildman–Crippen LogP) is 3.54. The van der Waals surface area contributed by atoms with Crippen molar-refractivity contribution in [2.75, 3.05) is 13.2 Å². The Bertz CT molecular complexity index is 1020. The van der Waals surface area contributed by atoms with Crippen LogP contribution < -0.4 is 10.9 Å². The second kappa shape index (κ2) is 8.47. The van der Waals surface area contributed by atoms with Crippen LogP contribution in [0.3, 0.4) is 0 Å². The number of H-pyrrole nitrogens is 1. The molecule has 0 saturated carbocycles. The Morgan fingerprint density at radius 1 is 1.24 bits per heavy atom. The lowest BCUT2D eigenvalue weighted by Gasteiger charge is -2.22. The molecule has 0 radical (unpaired) electrons. The summed E-state index contributed by atoms with van der Waals surface area (Å²) in [5.41, 5.74) is 3.28. The van der Waals surface area contributed by atoms with Gasteiger partial charge in [-0.2, -0.15) is 0 Å². The van der Waals surface area contributed by atoms with E-state index in [2.05, 4.69) is 24.3 Å². The van der Waals surface area contributed by atoms with Gasteiger partial charge >= 0.3 is 0 Å². The van der Waals surface area contributed by atoms with E-state index in [0.29, 0.717) is 18.1 Å². The normalized spacial score (nSPS) is 16.6. The molecule has 1 aliphatic rings. The third-order valence-electron chi connectivity index (χ3n) is 5.58. The maximum Gasteiger partial charge on any atom is 0.272 e. The Labute approximate surface area is 169 Å². The van der Waals surface area contributed by atoms with Gasteiger partial charge in [0.2, 0.25) is 0 Å². The minimum Gasteiger partial charge on any atom is -0.381 e. The zero-order valence-electron chi connectivity index (χ0n) is 16.8. The fourth-order valence-corrected chi connectivity index (χ4v) is 3.92. The zero-order valence-corrected chi connectivity index (χ0v) is 16.8. The van der Waals surface area contributed by atoms with Crippen molar-refractivity contribution in [3.8, 4) is 0 Å². The standard InChI is InChI=1S/C22H27FN4O2/c1-14(2)22(24-13-15-3-5-17(23)6-4-15)19-12-21(28)27-20(25-19)11-18(26-27)16-7-9-29-10-8-16/h3-6,11-12,14,16,22,24,26H,7-10,13H2,1-2H3/t22-/m1/s1. The number of fused-ring (bicyclic) bond motifs is 1. The molecule has 0 bridgehead atoms. The van der Waals surface area contributed by atoms with Gasteiger partial charge < -0.3 is 10.1 Å².